The number of aryl methyl sites for hydroxylation is 1. The number of likely N-dealkylation sites (tertiary alicyclic amines) is 1. The average molecular weight is 343 g/mol. The van der Waals surface area contributed by atoms with Gasteiger partial charge >= 0.3 is 0 Å². The highest BCUT2D eigenvalue weighted by atomic mass is 16.5. The van der Waals surface area contributed by atoms with Crippen LogP contribution < -0.4 is 4.74 Å². The number of hydrogen-bond acceptors (Lipinski definition) is 6. The molecule has 2 fully saturated rings. The molecule has 0 saturated carbocycles. The molecule has 0 unspecified atom stereocenters. The number of hydrogen-bond donors (Lipinski definition) is 0. The van der Waals surface area contributed by atoms with Gasteiger partial charge in [-0.05, 0) is 38.3 Å². The van der Waals surface area contributed by atoms with Crippen LogP contribution >= 0.6 is 0 Å². The molecule has 6 nitrogen and oxygen atoms in total. The van der Waals surface area contributed by atoms with Crippen molar-refractivity contribution in [1.29, 1.82) is 0 Å². The third-order valence-electron chi connectivity index (χ3n) is 5.29. The summed E-state index contributed by atoms with van der Waals surface area (Å²) in [4.78, 5) is 6.59. The molecule has 0 aromatic carbocycles. The summed E-state index contributed by atoms with van der Waals surface area (Å²) in [5.74, 6) is 1.69. The average Bonchev–Trinajstić information content (AvgIpc) is 3.05. The van der Waals surface area contributed by atoms with Gasteiger partial charge < -0.3 is 14.0 Å². The molecule has 4 heterocycles. The number of fused-ring (bicyclic) bond motifs is 1. The summed E-state index contributed by atoms with van der Waals surface area (Å²) in [5.41, 5.74) is 1.03. The Bertz CT molecular complexity index is 690. The minimum absolute atomic E-state index is 0.0329. The Morgan fingerprint density at radius 3 is 3.20 bits per heavy atom. The first kappa shape index (κ1) is 16.5. The van der Waals surface area contributed by atoms with E-state index in [0.717, 1.165) is 62.7 Å². The molecule has 0 radical (unpaired) electrons. The summed E-state index contributed by atoms with van der Waals surface area (Å²) in [6.45, 7) is 6.26. The van der Waals surface area contributed by atoms with Crippen molar-refractivity contribution in [2.45, 2.75) is 38.8 Å². The number of rotatable bonds is 5. The van der Waals surface area contributed by atoms with Crippen LogP contribution in [0.1, 0.15) is 30.7 Å². The third kappa shape index (κ3) is 3.70. The van der Waals surface area contributed by atoms with Crippen LogP contribution in [0.4, 0.5) is 0 Å². The molecule has 0 aliphatic carbocycles. The number of pyridine rings is 1. The quantitative estimate of drug-likeness (QED) is 0.832. The molecule has 0 amide bonds. The molecule has 0 spiro atoms. The van der Waals surface area contributed by atoms with Crippen molar-refractivity contribution in [1.82, 2.24) is 15.0 Å². The SMILES string of the molecule is Cc1cc(CN2CC[C@H]3OCCC[C@]3(COc3cccnc3)C2)no1. The molecule has 2 aliphatic heterocycles. The molecular weight excluding hydrogens is 318 g/mol. The van der Waals surface area contributed by atoms with Gasteiger partial charge in [0.15, 0.2) is 0 Å². The van der Waals surface area contributed by atoms with E-state index >= 15 is 0 Å². The van der Waals surface area contributed by atoms with Crippen molar-refractivity contribution in [3.05, 3.63) is 42.0 Å². The molecule has 0 bridgehead atoms. The summed E-state index contributed by atoms with van der Waals surface area (Å²) in [6, 6.07) is 5.88. The molecule has 2 aliphatic rings. The number of aromatic nitrogens is 2. The fraction of sp³-hybridized carbons (Fsp3) is 0.579. The maximum Gasteiger partial charge on any atom is 0.137 e. The normalized spacial score (nSPS) is 27.0. The molecule has 2 aromatic heterocycles. The first-order valence-corrected chi connectivity index (χ1v) is 9.03. The highest BCUT2D eigenvalue weighted by molar-refractivity contribution is 5.16. The van der Waals surface area contributed by atoms with Crippen molar-refractivity contribution in [3.63, 3.8) is 0 Å². The van der Waals surface area contributed by atoms with E-state index in [0.29, 0.717) is 6.61 Å². The van der Waals surface area contributed by atoms with Gasteiger partial charge in [-0.1, -0.05) is 5.16 Å². The zero-order valence-electron chi connectivity index (χ0n) is 14.7. The highest BCUT2D eigenvalue weighted by Gasteiger charge is 2.46. The van der Waals surface area contributed by atoms with Crippen LogP contribution in [0.15, 0.2) is 35.1 Å². The minimum atomic E-state index is 0.0329. The second kappa shape index (κ2) is 7.14. The second-order valence-corrected chi connectivity index (χ2v) is 7.23. The van der Waals surface area contributed by atoms with E-state index in [4.69, 9.17) is 14.0 Å². The first-order chi connectivity index (χ1) is 12.2. The zero-order chi connectivity index (χ0) is 17.1. The van der Waals surface area contributed by atoms with Crippen LogP contribution in [0, 0.1) is 12.3 Å². The van der Waals surface area contributed by atoms with Gasteiger partial charge in [0.2, 0.25) is 0 Å². The molecule has 2 aromatic rings. The smallest absolute Gasteiger partial charge is 0.137 e. The summed E-state index contributed by atoms with van der Waals surface area (Å²) in [7, 11) is 0. The summed E-state index contributed by atoms with van der Waals surface area (Å²) in [5, 5.41) is 4.14. The van der Waals surface area contributed by atoms with E-state index in [1.165, 1.54) is 0 Å². The minimum Gasteiger partial charge on any atom is -0.491 e. The van der Waals surface area contributed by atoms with Crippen LogP contribution in [0.25, 0.3) is 0 Å². The van der Waals surface area contributed by atoms with Gasteiger partial charge in [0.05, 0.1) is 24.6 Å². The van der Waals surface area contributed by atoms with E-state index in [2.05, 4.69) is 15.0 Å². The topological polar surface area (TPSA) is 60.6 Å². The largest absolute Gasteiger partial charge is 0.491 e. The predicted octanol–water partition coefficient (Wildman–Crippen LogP) is 2.83. The molecule has 25 heavy (non-hydrogen) atoms. The van der Waals surface area contributed by atoms with Crippen LogP contribution in [-0.4, -0.2) is 47.4 Å². The Kier molecular flexibility index (Phi) is 4.72. The monoisotopic (exact) mass is 343 g/mol. The third-order valence-corrected chi connectivity index (χ3v) is 5.29. The van der Waals surface area contributed by atoms with Gasteiger partial charge in [0, 0.05) is 43.9 Å². The Hall–Kier alpha value is -1.92. The van der Waals surface area contributed by atoms with Gasteiger partial charge in [-0.15, -0.1) is 0 Å². The number of ether oxygens (including phenoxy) is 2. The molecule has 2 saturated heterocycles. The van der Waals surface area contributed by atoms with Crippen LogP contribution in [-0.2, 0) is 11.3 Å². The van der Waals surface area contributed by atoms with Gasteiger partial charge in [0.1, 0.15) is 11.5 Å². The lowest BCUT2D eigenvalue weighted by molar-refractivity contribution is -0.141. The Balaban J connectivity index is 1.46. The van der Waals surface area contributed by atoms with E-state index in [9.17, 15) is 0 Å². The van der Waals surface area contributed by atoms with Gasteiger partial charge in [0.25, 0.3) is 0 Å². The number of nitrogens with zero attached hydrogens (tertiary/aromatic N) is 3. The standard InChI is InChI=1S/C19H25N3O3/c1-15-10-16(21-25-15)12-22-8-5-18-19(13-22,6-3-9-23-18)14-24-17-4-2-7-20-11-17/h2,4,7,10-11,18H,3,5-6,8-9,12-14H2,1H3/t18-,19-/m1/s1. The lowest BCUT2D eigenvalue weighted by Crippen LogP contribution is -2.57. The Morgan fingerprint density at radius 1 is 1.44 bits per heavy atom. The fourth-order valence-corrected chi connectivity index (χ4v) is 4.11. The Morgan fingerprint density at radius 2 is 2.40 bits per heavy atom. The molecule has 4 rings (SSSR count). The van der Waals surface area contributed by atoms with Crippen molar-refractivity contribution < 1.29 is 14.0 Å². The van der Waals surface area contributed by atoms with Gasteiger partial charge in [-0.25, -0.2) is 0 Å². The second-order valence-electron chi connectivity index (χ2n) is 7.23. The molecule has 134 valence electrons. The summed E-state index contributed by atoms with van der Waals surface area (Å²) < 4.78 is 17.4. The highest BCUT2D eigenvalue weighted by Crippen LogP contribution is 2.41. The van der Waals surface area contributed by atoms with E-state index in [-0.39, 0.29) is 11.5 Å². The molecular formula is C19H25N3O3. The summed E-state index contributed by atoms with van der Waals surface area (Å²) >= 11 is 0. The van der Waals surface area contributed by atoms with Gasteiger partial charge in [-0.2, -0.15) is 0 Å². The maximum atomic E-state index is 6.12. The predicted molar refractivity (Wildman–Crippen MR) is 92.3 cm³/mol. The zero-order valence-corrected chi connectivity index (χ0v) is 14.7. The van der Waals surface area contributed by atoms with Crippen molar-refractivity contribution in [2.24, 2.45) is 5.41 Å². The van der Waals surface area contributed by atoms with Crippen molar-refractivity contribution in [2.75, 3.05) is 26.3 Å². The molecule has 0 N–H and O–H groups in total. The van der Waals surface area contributed by atoms with E-state index in [1.54, 1.807) is 12.4 Å². The fourth-order valence-electron chi connectivity index (χ4n) is 4.11. The first-order valence-electron chi connectivity index (χ1n) is 9.03. The van der Waals surface area contributed by atoms with Crippen molar-refractivity contribution >= 4 is 0 Å². The maximum absolute atomic E-state index is 6.12. The lowest BCUT2D eigenvalue weighted by Gasteiger charge is -2.50. The molecule has 2 atom stereocenters. The van der Waals surface area contributed by atoms with Crippen LogP contribution in [0.5, 0.6) is 5.75 Å². The van der Waals surface area contributed by atoms with Crippen LogP contribution in [0.3, 0.4) is 0 Å². The Labute approximate surface area is 148 Å². The van der Waals surface area contributed by atoms with Crippen molar-refractivity contribution in [3.8, 4) is 5.75 Å². The summed E-state index contributed by atoms with van der Waals surface area (Å²) in [6.07, 6.45) is 7.06. The lowest BCUT2D eigenvalue weighted by atomic mass is 9.73. The van der Waals surface area contributed by atoms with Crippen LogP contribution in [0.2, 0.25) is 0 Å². The van der Waals surface area contributed by atoms with Gasteiger partial charge in [-0.3, -0.25) is 9.88 Å². The number of piperidine rings is 1. The molecule has 6 heteroatoms. The van der Waals surface area contributed by atoms with E-state index < -0.39 is 0 Å². The van der Waals surface area contributed by atoms with E-state index in [1.807, 2.05) is 25.1 Å².